The van der Waals surface area contributed by atoms with Crippen molar-refractivity contribution in [1.82, 2.24) is 9.80 Å². The molecule has 0 spiro atoms. The van der Waals surface area contributed by atoms with Crippen LogP contribution in [-0.2, 0) is 6.54 Å². The van der Waals surface area contributed by atoms with Crippen LogP contribution in [0, 0.1) is 5.82 Å². The van der Waals surface area contributed by atoms with Crippen molar-refractivity contribution >= 4 is 5.69 Å². The maximum atomic E-state index is 13.7. The zero-order valence-corrected chi connectivity index (χ0v) is 11.2. The zero-order chi connectivity index (χ0) is 13.1. The van der Waals surface area contributed by atoms with Gasteiger partial charge in [0.05, 0.1) is 0 Å². The van der Waals surface area contributed by atoms with E-state index in [9.17, 15) is 4.39 Å². The molecule has 0 amide bonds. The first-order valence-electron chi connectivity index (χ1n) is 6.61. The number of nitrogens with zero attached hydrogens (tertiary/aromatic N) is 2. The van der Waals surface area contributed by atoms with Gasteiger partial charge in [0.15, 0.2) is 0 Å². The lowest BCUT2D eigenvalue weighted by Gasteiger charge is -2.39. The van der Waals surface area contributed by atoms with Gasteiger partial charge < -0.3 is 5.73 Å². The Kier molecular flexibility index (Phi) is 4.19. The summed E-state index contributed by atoms with van der Waals surface area (Å²) in [4.78, 5) is 4.73. The van der Waals surface area contributed by atoms with Gasteiger partial charge in [0.1, 0.15) is 5.82 Å². The second kappa shape index (κ2) is 5.67. The molecular formula is C14H22FN3. The van der Waals surface area contributed by atoms with Crippen molar-refractivity contribution in [1.29, 1.82) is 0 Å². The molecule has 0 aliphatic carbocycles. The van der Waals surface area contributed by atoms with Crippen LogP contribution in [0.5, 0.6) is 0 Å². The fourth-order valence-electron chi connectivity index (χ4n) is 2.65. The second-order valence-corrected chi connectivity index (χ2v) is 5.02. The van der Waals surface area contributed by atoms with Gasteiger partial charge in [0.25, 0.3) is 0 Å². The highest BCUT2D eigenvalue weighted by Crippen LogP contribution is 2.19. The van der Waals surface area contributed by atoms with E-state index in [1.807, 2.05) is 0 Å². The first-order chi connectivity index (χ1) is 8.61. The number of nitrogens with two attached hydrogens (primary N) is 1. The third-order valence-electron chi connectivity index (χ3n) is 3.79. The number of hydrogen-bond acceptors (Lipinski definition) is 3. The van der Waals surface area contributed by atoms with Crippen LogP contribution in [0.4, 0.5) is 10.1 Å². The quantitative estimate of drug-likeness (QED) is 0.833. The lowest BCUT2D eigenvalue weighted by molar-refractivity contribution is 0.0829. The molecule has 1 aromatic carbocycles. The molecule has 0 saturated carbocycles. The lowest BCUT2D eigenvalue weighted by atomic mass is 10.1. The summed E-state index contributed by atoms with van der Waals surface area (Å²) in [6, 6.07) is 5.43. The SMILES string of the molecule is CCN1CCN(Cc2c(N)cccc2F)CC1C. The van der Waals surface area contributed by atoms with E-state index in [0.717, 1.165) is 26.2 Å². The van der Waals surface area contributed by atoms with Gasteiger partial charge in [-0.25, -0.2) is 4.39 Å². The fourth-order valence-corrected chi connectivity index (χ4v) is 2.65. The van der Waals surface area contributed by atoms with Gasteiger partial charge in [0, 0.05) is 43.5 Å². The number of piperazine rings is 1. The average Bonchev–Trinajstić information content (AvgIpc) is 2.34. The number of rotatable bonds is 3. The average molecular weight is 251 g/mol. The third-order valence-corrected chi connectivity index (χ3v) is 3.79. The minimum absolute atomic E-state index is 0.194. The Balaban J connectivity index is 2.03. The van der Waals surface area contributed by atoms with Gasteiger partial charge in [-0.15, -0.1) is 0 Å². The summed E-state index contributed by atoms with van der Waals surface area (Å²) in [6.07, 6.45) is 0. The molecule has 1 aliphatic heterocycles. The number of halogens is 1. The summed E-state index contributed by atoms with van der Waals surface area (Å²) in [6.45, 7) is 9.10. The molecule has 0 radical (unpaired) electrons. The van der Waals surface area contributed by atoms with Crippen LogP contribution < -0.4 is 5.73 Å². The molecule has 0 bridgehead atoms. The van der Waals surface area contributed by atoms with Crippen LogP contribution >= 0.6 is 0 Å². The third kappa shape index (κ3) is 2.82. The largest absolute Gasteiger partial charge is 0.398 e. The summed E-state index contributed by atoms with van der Waals surface area (Å²) >= 11 is 0. The molecule has 1 fully saturated rings. The zero-order valence-electron chi connectivity index (χ0n) is 11.2. The van der Waals surface area contributed by atoms with Crippen molar-refractivity contribution in [2.24, 2.45) is 0 Å². The van der Waals surface area contributed by atoms with E-state index in [1.165, 1.54) is 6.07 Å². The fraction of sp³-hybridized carbons (Fsp3) is 0.571. The Morgan fingerprint density at radius 3 is 2.78 bits per heavy atom. The molecule has 1 aromatic rings. The molecule has 100 valence electrons. The van der Waals surface area contributed by atoms with Crippen LogP contribution in [0.15, 0.2) is 18.2 Å². The maximum absolute atomic E-state index is 13.7. The molecule has 2 rings (SSSR count). The first-order valence-corrected chi connectivity index (χ1v) is 6.61. The van der Waals surface area contributed by atoms with Gasteiger partial charge in [-0.05, 0) is 25.6 Å². The summed E-state index contributed by atoms with van der Waals surface area (Å²) in [5.74, 6) is -0.194. The van der Waals surface area contributed by atoms with Gasteiger partial charge in [-0.1, -0.05) is 13.0 Å². The monoisotopic (exact) mass is 251 g/mol. The topological polar surface area (TPSA) is 32.5 Å². The van der Waals surface area contributed by atoms with Crippen LogP contribution in [0.25, 0.3) is 0 Å². The molecule has 18 heavy (non-hydrogen) atoms. The van der Waals surface area contributed by atoms with E-state index < -0.39 is 0 Å². The smallest absolute Gasteiger partial charge is 0.129 e. The van der Waals surface area contributed by atoms with Crippen molar-refractivity contribution in [2.75, 3.05) is 31.9 Å². The van der Waals surface area contributed by atoms with E-state index in [1.54, 1.807) is 12.1 Å². The minimum atomic E-state index is -0.194. The van der Waals surface area contributed by atoms with Crippen molar-refractivity contribution < 1.29 is 4.39 Å². The highest BCUT2D eigenvalue weighted by atomic mass is 19.1. The van der Waals surface area contributed by atoms with Gasteiger partial charge in [-0.3, -0.25) is 9.80 Å². The summed E-state index contributed by atoms with van der Waals surface area (Å²) in [7, 11) is 0. The number of likely N-dealkylation sites (N-methyl/N-ethyl adjacent to an activating group) is 1. The molecule has 1 unspecified atom stereocenters. The number of anilines is 1. The Morgan fingerprint density at radius 1 is 1.39 bits per heavy atom. The lowest BCUT2D eigenvalue weighted by Crippen LogP contribution is -2.51. The van der Waals surface area contributed by atoms with Crippen LogP contribution in [0.1, 0.15) is 19.4 Å². The van der Waals surface area contributed by atoms with Crippen LogP contribution in [0.2, 0.25) is 0 Å². The summed E-state index contributed by atoms with van der Waals surface area (Å²) in [5, 5.41) is 0. The highest BCUT2D eigenvalue weighted by molar-refractivity contribution is 5.47. The van der Waals surface area contributed by atoms with E-state index in [4.69, 9.17) is 5.73 Å². The van der Waals surface area contributed by atoms with Gasteiger partial charge >= 0.3 is 0 Å². The molecule has 3 nitrogen and oxygen atoms in total. The number of hydrogen-bond donors (Lipinski definition) is 1. The van der Waals surface area contributed by atoms with Crippen molar-refractivity contribution in [2.45, 2.75) is 26.4 Å². The molecule has 1 aliphatic rings. The molecule has 1 atom stereocenters. The molecule has 1 saturated heterocycles. The molecule has 4 heteroatoms. The Hall–Kier alpha value is -1.13. The van der Waals surface area contributed by atoms with Crippen LogP contribution in [0.3, 0.4) is 0 Å². The molecule has 1 heterocycles. The van der Waals surface area contributed by atoms with Gasteiger partial charge in [0.2, 0.25) is 0 Å². The minimum Gasteiger partial charge on any atom is -0.398 e. The first kappa shape index (κ1) is 13.3. The second-order valence-electron chi connectivity index (χ2n) is 5.02. The standard InChI is InChI=1S/C14H22FN3/c1-3-18-8-7-17(9-11(18)2)10-12-13(15)5-4-6-14(12)16/h4-6,11H,3,7-10,16H2,1-2H3. The Morgan fingerprint density at radius 2 is 2.17 bits per heavy atom. The molecule has 0 aromatic heterocycles. The van der Waals surface area contributed by atoms with Crippen molar-refractivity contribution in [3.63, 3.8) is 0 Å². The maximum Gasteiger partial charge on any atom is 0.129 e. The van der Waals surface area contributed by atoms with Crippen molar-refractivity contribution in [3.8, 4) is 0 Å². The van der Waals surface area contributed by atoms with E-state index >= 15 is 0 Å². The van der Waals surface area contributed by atoms with E-state index in [2.05, 4.69) is 23.6 Å². The summed E-state index contributed by atoms with van der Waals surface area (Å²) in [5.41, 5.74) is 7.04. The van der Waals surface area contributed by atoms with E-state index in [0.29, 0.717) is 23.8 Å². The Labute approximate surface area is 108 Å². The number of nitrogen functional groups attached to an aromatic ring is 1. The molecule has 2 N–H and O–H groups in total. The predicted molar refractivity (Wildman–Crippen MR) is 72.8 cm³/mol. The predicted octanol–water partition coefficient (Wildman–Crippen LogP) is 1.93. The van der Waals surface area contributed by atoms with E-state index in [-0.39, 0.29) is 5.82 Å². The summed E-state index contributed by atoms with van der Waals surface area (Å²) < 4.78 is 13.7. The van der Waals surface area contributed by atoms with Gasteiger partial charge in [-0.2, -0.15) is 0 Å². The van der Waals surface area contributed by atoms with Crippen LogP contribution in [-0.4, -0.2) is 42.0 Å². The van der Waals surface area contributed by atoms with Crippen molar-refractivity contribution in [3.05, 3.63) is 29.6 Å². The molecular weight excluding hydrogens is 229 g/mol. The normalized spacial score (nSPS) is 22.3. The Bertz CT molecular complexity index is 388. The number of benzene rings is 1. The highest BCUT2D eigenvalue weighted by Gasteiger charge is 2.23.